The van der Waals surface area contributed by atoms with E-state index in [1.54, 1.807) is 0 Å². The Kier molecular flexibility index (Phi) is 4.08. The average Bonchev–Trinajstić information content (AvgIpc) is 1.98. The Labute approximate surface area is 73.7 Å². The fourth-order valence-corrected chi connectivity index (χ4v) is 1.31. The summed E-state index contributed by atoms with van der Waals surface area (Å²) in [6, 6.07) is 0. The lowest BCUT2D eigenvalue weighted by atomic mass is 9.85. The van der Waals surface area contributed by atoms with E-state index < -0.39 is 0 Å². The minimum absolute atomic E-state index is 0.160. The monoisotopic (exact) mass is 170 g/mol. The first-order chi connectivity index (χ1) is 5.83. The van der Waals surface area contributed by atoms with Crippen molar-refractivity contribution in [3.63, 3.8) is 0 Å². The zero-order valence-electron chi connectivity index (χ0n) is 7.51. The van der Waals surface area contributed by atoms with Crippen LogP contribution in [0.4, 0.5) is 0 Å². The molecule has 3 heteroatoms. The first-order valence-corrected chi connectivity index (χ1v) is 4.79. The van der Waals surface area contributed by atoms with E-state index in [0.717, 1.165) is 18.9 Å². The summed E-state index contributed by atoms with van der Waals surface area (Å²) in [5, 5.41) is 2.92. The van der Waals surface area contributed by atoms with E-state index in [1.165, 1.54) is 19.3 Å². The van der Waals surface area contributed by atoms with Gasteiger partial charge in [-0.05, 0) is 31.7 Å². The molecule has 1 amide bonds. The molecule has 0 atom stereocenters. The highest BCUT2D eigenvalue weighted by molar-refractivity contribution is 5.75. The number of rotatable bonds is 5. The maximum Gasteiger partial charge on any atom is 0.220 e. The zero-order chi connectivity index (χ0) is 8.81. The van der Waals surface area contributed by atoms with Gasteiger partial charge in [-0.1, -0.05) is 6.42 Å². The molecule has 0 radical (unpaired) electrons. The fourth-order valence-electron chi connectivity index (χ4n) is 1.31. The van der Waals surface area contributed by atoms with Crippen LogP contribution in [0.25, 0.3) is 0 Å². The summed E-state index contributed by atoms with van der Waals surface area (Å²) in [6.07, 6.45) is 5.30. The number of hydrogen-bond acceptors (Lipinski definition) is 2. The van der Waals surface area contributed by atoms with Gasteiger partial charge in [0.1, 0.15) is 0 Å². The van der Waals surface area contributed by atoms with Crippen LogP contribution in [0.5, 0.6) is 0 Å². The predicted octanol–water partition coefficient (Wildman–Crippen LogP) is 0.642. The van der Waals surface area contributed by atoms with Gasteiger partial charge in [-0.25, -0.2) is 0 Å². The molecular formula is C9H18N2O. The Balaban J connectivity index is 1.94. The largest absolute Gasteiger partial charge is 0.356 e. The summed E-state index contributed by atoms with van der Waals surface area (Å²) in [6.45, 7) is 1.49. The lowest BCUT2D eigenvalue weighted by Gasteiger charge is -2.25. The maximum absolute atomic E-state index is 11.1. The van der Waals surface area contributed by atoms with Crippen LogP contribution in [0.3, 0.4) is 0 Å². The van der Waals surface area contributed by atoms with Gasteiger partial charge in [0.15, 0.2) is 0 Å². The van der Waals surface area contributed by atoms with Crippen molar-refractivity contribution in [2.45, 2.75) is 32.1 Å². The van der Waals surface area contributed by atoms with Crippen molar-refractivity contribution in [1.29, 1.82) is 0 Å². The molecule has 1 fully saturated rings. The summed E-state index contributed by atoms with van der Waals surface area (Å²) in [5.74, 6) is 0.916. The van der Waals surface area contributed by atoms with E-state index in [0.29, 0.717) is 13.0 Å². The third-order valence-corrected chi connectivity index (χ3v) is 2.42. The Morgan fingerprint density at radius 2 is 2.25 bits per heavy atom. The summed E-state index contributed by atoms with van der Waals surface area (Å²) < 4.78 is 0. The highest BCUT2D eigenvalue weighted by atomic mass is 16.1. The first-order valence-electron chi connectivity index (χ1n) is 4.79. The van der Waals surface area contributed by atoms with Crippen molar-refractivity contribution >= 4 is 5.91 Å². The number of nitrogens with one attached hydrogen (secondary N) is 1. The first kappa shape index (κ1) is 9.52. The summed E-state index contributed by atoms with van der Waals surface area (Å²) in [4.78, 5) is 11.1. The molecule has 1 saturated carbocycles. The summed E-state index contributed by atoms with van der Waals surface area (Å²) in [5.41, 5.74) is 5.29. The highest BCUT2D eigenvalue weighted by Crippen LogP contribution is 2.25. The molecule has 0 bridgehead atoms. The van der Waals surface area contributed by atoms with Crippen LogP contribution in [0, 0.1) is 5.92 Å². The standard InChI is InChI=1S/C9H18N2O/c10-6-2-5-9(12)11-7-8-3-1-4-8/h8H,1-7,10H2,(H,11,12). The SMILES string of the molecule is NCCCC(=O)NCC1CCC1. The normalized spacial score (nSPS) is 17.1. The second kappa shape index (κ2) is 5.14. The van der Waals surface area contributed by atoms with Crippen LogP contribution in [-0.4, -0.2) is 19.0 Å². The van der Waals surface area contributed by atoms with Gasteiger partial charge in [0.05, 0.1) is 0 Å². The van der Waals surface area contributed by atoms with Gasteiger partial charge in [-0.3, -0.25) is 4.79 Å². The Hall–Kier alpha value is -0.570. The molecule has 0 aromatic rings. The van der Waals surface area contributed by atoms with Crippen LogP contribution in [0.2, 0.25) is 0 Å². The van der Waals surface area contributed by atoms with Crippen molar-refractivity contribution in [2.24, 2.45) is 11.7 Å². The molecule has 12 heavy (non-hydrogen) atoms. The van der Waals surface area contributed by atoms with Crippen molar-refractivity contribution in [3.8, 4) is 0 Å². The molecule has 3 N–H and O–H groups in total. The average molecular weight is 170 g/mol. The lowest BCUT2D eigenvalue weighted by Crippen LogP contribution is -2.32. The lowest BCUT2D eigenvalue weighted by molar-refractivity contribution is -0.121. The Morgan fingerprint density at radius 1 is 1.50 bits per heavy atom. The molecule has 0 spiro atoms. The molecule has 0 aliphatic heterocycles. The second-order valence-corrected chi connectivity index (χ2v) is 3.49. The van der Waals surface area contributed by atoms with E-state index in [9.17, 15) is 4.79 Å². The van der Waals surface area contributed by atoms with Crippen LogP contribution >= 0.6 is 0 Å². The van der Waals surface area contributed by atoms with Gasteiger partial charge in [0.25, 0.3) is 0 Å². The van der Waals surface area contributed by atoms with Gasteiger partial charge in [-0.15, -0.1) is 0 Å². The molecule has 70 valence electrons. The number of hydrogen-bond donors (Lipinski definition) is 2. The molecule has 0 aromatic carbocycles. The second-order valence-electron chi connectivity index (χ2n) is 3.49. The van der Waals surface area contributed by atoms with E-state index >= 15 is 0 Å². The molecule has 3 nitrogen and oxygen atoms in total. The van der Waals surface area contributed by atoms with Gasteiger partial charge in [0, 0.05) is 13.0 Å². The molecule has 1 aliphatic rings. The van der Waals surface area contributed by atoms with Crippen LogP contribution in [0.1, 0.15) is 32.1 Å². The fraction of sp³-hybridized carbons (Fsp3) is 0.889. The highest BCUT2D eigenvalue weighted by Gasteiger charge is 2.17. The third-order valence-electron chi connectivity index (χ3n) is 2.42. The van der Waals surface area contributed by atoms with Gasteiger partial charge >= 0.3 is 0 Å². The molecule has 0 unspecified atom stereocenters. The van der Waals surface area contributed by atoms with E-state index in [2.05, 4.69) is 5.32 Å². The number of nitrogens with two attached hydrogens (primary N) is 1. The van der Waals surface area contributed by atoms with Crippen LogP contribution in [0.15, 0.2) is 0 Å². The van der Waals surface area contributed by atoms with Crippen molar-refractivity contribution in [2.75, 3.05) is 13.1 Å². The van der Waals surface area contributed by atoms with E-state index in [4.69, 9.17) is 5.73 Å². The van der Waals surface area contributed by atoms with Crippen LogP contribution in [-0.2, 0) is 4.79 Å². The summed E-state index contributed by atoms with van der Waals surface area (Å²) in [7, 11) is 0. The molecule has 1 aliphatic carbocycles. The molecule has 0 aromatic heterocycles. The molecular weight excluding hydrogens is 152 g/mol. The van der Waals surface area contributed by atoms with Crippen LogP contribution < -0.4 is 11.1 Å². The molecule has 0 heterocycles. The predicted molar refractivity (Wildman–Crippen MR) is 48.6 cm³/mol. The number of carbonyl (C=O) groups is 1. The van der Waals surface area contributed by atoms with Crippen molar-refractivity contribution < 1.29 is 4.79 Å². The smallest absolute Gasteiger partial charge is 0.220 e. The Bertz CT molecular complexity index is 143. The number of amides is 1. The van der Waals surface area contributed by atoms with E-state index in [-0.39, 0.29) is 5.91 Å². The minimum Gasteiger partial charge on any atom is -0.356 e. The topological polar surface area (TPSA) is 55.1 Å². The van der Waals surface area contributed by atoms with Gasteiger partial charge in [0.2, 0.25) is 5.91 Å². The minimum atomic E-state index is 0.160. The Morgan fingerprint density at radius 3 is 2.75 bits per heavy atom. The zero-order valence-corrected chi connectivity index (χ0v) is 7.51. The van der Waals surface area contributed by atoms with Gasteiger partial charge in [-0.2, -0.15) is 0 Å². The van der Waals surface area contributed by atoms with Crippen molar-refractivity contribution in [1.82, 2.24) is 5.32 Å². The molecule has 0 saturated heterocycles. The number of carbonyl (C=O) groups excluding carboxylic acids is 1. The quantitative estimate of drug-likeness (QED) is 0.636. The van der Waals surface area contributed by atoms with Gasteiger partial charge < -0.3 is 11.1 Å². The maximum atomic E-state index is 11.1. The van der Waals surface area contributed by atoms with E-state index in [1.807, 2.05) is 0 Å². The molecule has 1 rings (SSSR count). The van der Waals surface area contributed by atoms with Crippen molar-refractivity contribution in [3.05, 3.63) is 0 Å². The third kappa shape index (κ3) is 3.22. The summed E-state index contributed by atoms with van der Waals surface area (Å²) >= 11 is 0.